The Morgan fingerprint density at radius 1 is 1.24 bits per heavy atom. The lowest BCUT2D eigenvalue weighted by molar-refractivity contribution is 0.291. The third-order valence-corrected chi connectivity index (χ3v) is 7.06. The van der Waals surface area contributed by atoms with Crippen LogP contribution >= 0.6 is 0 Å². The summed E-state index contributed by atoms with van der Waals surface area (Å²) in [6.45, 7) is 0.0717. The zero-order valence-electron chi connectivity index (χ0n) is 18.1. The van der Waals surface area contributed by atoms with Crippen LogP contribution in [0.1, 0.15) is 30.7 Å². The van der Waals surface area contributed by atoms with E-state index in [-0.39, 0.29) is 24.9 Å². The summed E-state index contributed by atoms with van der Waals surface area (Å²) in [5.41, 5.74) is 3.46. The van der Waals surface area contributed by atoms with Crippen LogP contribution in [0.2, 0.25) is 0 Å². The second kappa shape index (κ2) is 8.31. The second-order valence-electron chi connectivity index (χ2n) is 8.34. The number of aromatic nitrogens is 2. The molecule has 4 aromatic rings. The fraction of sp³-hybridized carbons (Fsp3) is 0.292. The summed E-state index contributed by atoms with van der Waals surface area (Å²) >= 11 is 0. The van der Waals surface area contributed by atoms with Gasteiger partial charge in [0.25, 0.3) is 0 Å². The van der Waals surface area contributed by atoms with Gasteiger partial charge in [0.2, 0.25) is 10.0 Å². The third kappa shape index (κ3) is 4.14. The standard InChI is InChI=1S/C24H24FN3O4S/c1-33(30,31)28(11-2-12-29)20-14-21-19(13-18(20)15-3-4-15)22(24-26-9-10-27-24)23(32-21)16-5-7-17(25)8-6-16/h5-10,13-15,29H,2-4,11-12H2,1H3,(H,26,27). The van der Waals surface area contributed by atoms with Crippen molar-refractivity contribution in [2.24, 2.45) is 0 Å². The molecule has 1 aliphatic rings. The molecule has 2 heterocycles. The van der Waals surface area contributed by atoms with Crippen LogP contribution in [0, 0.1) is 5.82 Å². The van der Waals surface area contributed by atoms with Gasteiger partial charge in [-0.1, -0.05) is 0 Å². The average molecular weight is 470 g/mol. The number of furan rings is 1. The van der Waals surface area contributed by atoms with Gasteiger partial charge in [-0.25, -0.2) is 17.8 Å². The summed E-state index contributed by atoms with van der Waals surface area (Å²) < 4.78 is 46.5. The first-order valence-electron chi connectivity index (χ1n) is 10.8. The zero-order chi connectivity index (χ0) is 23.2. The number of hydrogen-bond donors (Lipinski definition) is 2. The Morgan fingerprint density at radius 2 is 2.00 bits per heavy atom. The third-order valence-electron chi connectivity index (χ3n) is 5.88. The van der Waals surface area contributed by atoms with Gasteiger partial charge in [-0.05, 0) is 61.1 Å². The number of H-pyrrole nitrogens is 1. The molecule has 0 spiro atoms. The van der Waals surface area contributed by atoms with E-state index in [1.807, 2.05) is 6.07 Å². The molecule has 7 nitrogen and oxygen atoms in total. The topological polar surface area (TPSA) is 99.4 Å². The molecule has 2 aromatic heterocycles. The Labute approximate surface area is 190 Å². The van der Waals surface area contributed by atoms with E-state index in [0.29, 0.717) is 34.8 Å². The number of nitrogens with one attached hydrogen (secondary N) is 1. The van der Waals surface area contributed by atoms with E-state index < -0.39 is 10.0 Å². The van der Waals surface area contributed by atoms with Gasteiger partial charge in [0.1, 0.15) is 23.0 Å². The van der Waals surface area contributed by atoms with Crippen molar-refractivity contribution in [3.05, 3.63) is 60.2 Å². The molecule has 1 aliphatic carbocycles. The number of sulfonamides is 1. The number of rotatable bonds is 8. The van der Waals surface area contributed by atoms with E-state index in [9.17, 15) is 17.9 Å². The first kappa shape index (κ1) is 21.7. The Bertz CT molecular complexity index is 1390. The quantitative estimate of drug-likeness (QED) is 0.391. The number of imidazole rings is 1. The van der Waals surface area contributed by atoms with Crippen molar-refractivity contribution in [3.63, 3.8) is 0 Å². The monoisotopic (exact) mass is 469 g/mol. The minimum Gasteiger partial charge on any atom is -0.455 e. The highest BCUT2D eigenvalue weighted by Crippen LogP contribution is 2.49. The Hall–Kier alpha value is -3.17. The summed E-state index contributed by atoms with van der Waals surface area (Å²) in [4.78, 5) is 7.54. The number of halogens is 1. The molecule has 0 aliphatic heterocycles. The number of fused-ring (bicyclic) bond motifs is 1. The number of aromatic amines is 1. The summed E-state index contributed by atoms with van der Waals surface area (Å²) in [5, 5.41) is 10.1. The second-order valence-corrected chi connectivity index (χ2v) is 10.3. The van der Waals surface area contributed by atoms with Crippen LogP contribution in [-0.4, -0.2) is 42.9 Å². The van der Waals surface area contributed by atoms with Gasteiger partial charge in [0.05, 0.1) is 17.5 Å². The first-order chi connectivity index (χ1) is 15.9. The number of nitrogens with zero attached hydrogens (tertiary/aromatic N) is 2. The fourth-order valence-corrected chi connectivity index (χ4v) is 5.18. The number of anilines is 1. The van der Waals surface area contributed by atoms with E-state index in [2.05, 4.69) is 9.97 Å². The molecule has 2 aromatic carbocycles. The molecule has 9 heteroatoms. The molecule has 2 N–H and O–H groups in total. The lowest BCUT2D eigenvalue weighted by atomic mass is 10.0. The van der Waals surface area contributed by atoms with Crippen molar-refractivity contribution in [1.82, 2.24) is 9.97 Å². The normalized spacial score (nSPS) is 14.2. The molecule has 1 saturated carbocycles. The van der Waals surface area contributed by atoms with Gasteiger partial charge in [0.15, 0.2) is 0 Å². The Morgan fingerprint density at radius 3 is 2.61 bits per heavy atom. The minimum absolute atomic E-state index is 0.106. The maximum atomic E-state index is 13.6. The predicted octanol–water partition coefficient (Wildman–Crippen LogP) is 4.65. The zero-order valence-corrected chi connectivity index (χ0v) is 18.9. The molecule has 0 unspecified atom stereocenters. The van der Waals surface area contributed by atoms with Gasteiger partial charge in [0, 0.05) is 42.6 Å². The largest absolute Gasteiger partial charge is 0.455 e. The van der Waals surface area contributed by atoms with Crippen molar-refractivity contribution < 1.29 is 22.3 Å². The molecule has 0 saturated heterocycles. The molecule has 1 fully saturated rings. The lowest BCUT2D eigenvalue weighted by Crippen LogP contribution is -2.32. The summed E-state index contributed by atoms with van der Waals surface area (Å²) in [6.07, 6.45) is 6.83. The number of aliphatic hydroxyl groups is 1. The van der Waals surface area contributed by atoms with Crippen molar-refractivity contribution in [2.45, 2.75) is 25.2 Å². The molecular formula is C24H24FN3O4S. The minimum atomic E-state index is -3.57. The van der Waals surface area contributed by atoms with E-state index in [1.165, 1.54) is 22.7 Å². The Balaban J connectivity index is 1.77. The molecule has 0 atom stereocenters. The number of aliphatic hydroxyl groups excluding tert-OH is 1. The molecule has 33 heavy (non-hydrogen) atoms. The van der Waals surface area contributed by atoms with Crippen molar-refractivity contribution in [3.8, 4) is 22.7 Å². The van der Waals surface area contributed by atoms with Crippen LogP contribution in [-0.2, 0) is 10.0 Å². The molecule has 0 radical (unpaired) electrons. The van der Waals surface area contributed by atoms with Gasteiger partial charge in [-0.3, -0.25) is 4.31 Å². The van der Waals surface area contributed by atoms with Gasteiger partial charge in [-0.15, -0.1) is 0 Å². The highest BCUT2D eigenvalue weighted by molar-refractivity contribution is 7.92. The van der Waals surface area contributed by atoms with E-state index in [4.69, 9.17) is 4.42 Å². The molecule has 0 bridgehead atoms. The van der Waals surface area contributed by atoms with Crippen molar-refractivity contribution >= 4 is 26.7 Å². The first-order valence-corrected chi connectivity index (χ1v) is 12.7. The van der Waals surface area contributed by atoms with E-state index in [1.54, 1.807) is 30.6 Å². The average Bonchev–Trinajstić information content (AvgIpc) is 3.35. The predicted molar refractivity (Wildman–Crippen MR) is 125 cm³/mol. The van der Waals surface area contributed by atoms with E-state index in [0.717, 1.165) is 29.4 Å². The Kier molecular flexibility index (Phi) is 5.46. The highest BCUT2D eigenvalue weighted by Gasteiger charge is 2.32. The maximum absolute atomic E-state index is 13.6. The van der Waals surface area contributed by atoms with Crippen LogP contribution in [0.4, 0.5) is 10.1 Å². The van der Waals surface area contributed by atoms with Crippen LogP contribution in [0.5, 0.6) is 0 Å². The molecular weight excluding hydrogens is 445 g/mol. The van der Waals surface area contributed by atoms with Crippen LogP contribution in [0.25, 0.3) is 33.7 Å². The maximum Gasteiger partial charge on any atom is 0.232 e. The molecule has 0 amide bonds. The van der Waals surface area contributed by atoms with Gasteiger partial charge in [-0.2, -0.15) is 0 Å². The van der Waals surface area contributed by atoms with Crippen molar-refractivity contribution in [1.29, 1.82) is 0 Å². The molecule has 5 rings (SSSR count). The highest BCUT2D eigenvalue weighted by atomic mass is 32.2. The number of hydrogen-bond acceptors (Lipinski definition) is 5. The van der Waals surface area contributed by atoms with Crippen LogP contribution in [0.3, 0.4) is 0 Å². The summed E-state index contributed by atoms with van der Waals surface area (Å²) in [6, 6.07) is 9.79. The summed E-state index contributed by atoms with van der Waals surface area (Å²) in [7, 11) is -3.57. The van der Waals surface area contributed by atoms with Gasteiger partial charge < -0.3 is 14.5 Å². The smallest absolute Gasteiger partial charge is 0.232 e. The number of benzene rings is 2. The molecule has 172 valence electrons. The lowest BCUT2D eigenvalue weighted by Gasteiger charge is -2.25. The SMILES string of the molecule is CS(=O)(=O)N(CCCO)c1cc2oc(-c3ccc(F)cc3)c(-c3ncc[nH]3)c2cc1C1CC1. The van der Waals surface area contributed by atoms with Crippen LogP contribution < -0.4 is 4.31 Å². The van der Waals surface area contributed by atoms with Gasteiger partial charge >= 0.3 is 0 Å². The summed E-state index contributed by atoms with van der Waals surface area (Å²) in [5.74, 6) is 1.06. The van der Waals surface area contributed by atoms with Crippen molar-refractivity contribution in [2.75, 3.05) is 23.7 Å². The van der Waals surface area contributed by atoms with Crippen LogP contribution in [0.15, 0.2) is 53.2 Å². The fourth-order valence-electron chi connectivity index (χ4n) is 4.21. The van der Waals surface area contributed by atoms with E-state index >= 15 is 0 Å².